The second-order valence-corrected chi connectivity index (χ2v) is 7.58. The van der Waals surface area contributed by atoms with Gasteiger partial charge in [-0.2, -0.15) is 5.10 Å². The SMILES string of the molecule is Cc1cc(Br)c(OCc2ccc(C(=O)N/N=C/c3ccc[nH]3)cc2)c(Br)c1. The molecular formula is C20H17Br2N3O2. The number of amides is 1. The summed E-state index contributed by atoms with van der Waals surface area (Å²) < 4.78 is 7.68. The fourth-order valence-corrected chi connectivity index (χ4v) is 4.03. The number of hydrogen-bond donors (Lipinski definition) is 2. The summed E-state index contributed by atoms with van der Waals surface area (Å²) in [6, 6.07) is 14.9. The summed E-state index contributed by atoms with van der Waals surface area (Å²) in [7, 11) is 0. The summed E-state index contributed by atoms with van der Waals surface area (Å²) in [5, 5.41) is 3.92. The molecule has 0 atom stereocenters. The third-order valence-corrected chi connectivity index (χ3v) is 4.91. The number of carbonyl (C=O) groups is 1. The first-order valence-corrected chi connectivity index (χ1v) is 9.76. The van der Waals surface area contributed by atoms with Gasteiger partial charge in [-0.15, -0.1) is 0 Å². The fraction of sp³-hybridized carbons (Fsp3) is 0.100. The van der Waals surface area contributed by atoms with Gasteiger partial charge in [-0.1, -0.05) is 12.1 Å². The lowest BCUT2D eigenvalue weighted by Gasteiger charge is -2.11. The van der Waals surface area contributed by atoms with Crippen molar-refractivity contribution in [3.63, 3.8) is 0 Å². The molecule has 3 aromatic rings. The smallest absolute Gasteiger partial charge is 0.271 e. The summed E-state index contributed by atoms with van der Waals surface area (Å²) in [4.78, 5) is 15.1. The zero-order valence-electron chi connectivity index (χ0n) is 14.5. The van der Waals surface area contributed by atoms with Crippen molar-refractivity contribution in [1.82, 2.24) is 10.4 Å². The van der Waals surface area contributed by atoms with Crippen LogP contribution in [0, 0.1) is 6.92 Å². The Balaban J connectivity index is 1.58. The minimum atomic E-state index is -0.269. The van der Waals surface area contributed by atoms with Gasteiger partial charge in [0.15, 0.2) is 0 Å². The van der Waals surface area contributed by atoms with Crippen LogP contribution in [0.2, 0.25) is 0 Å². The summed E-state index contributed by atoms with van der Waals surface area (Å²) in [5.74, 6) is 0.482. The Morgan fingerprint density at radius 3 is 2.52 bits per heavy atom. The molecule has 0 fully saturated rings. The van der Waals surface area contributed by atoms with Gasteiger partial charge in [0.2, 0.25) is 0 Å². The monoisotopic (exact) mass is 489 g/mol. The lowest BCUT2D eigenvalue weighted by atomic mass is 10.1. The molecule has 1 heterocycles. The highest BCUT2D eigenvalue weighted by Gasteiger charge is 2.09. The van der Waals surface area contributed by atoms with Crippen molar-refractivity contribution < 1.29 is 9.53 Å². The van der Waals surface area contributed by atoms with Gasteiger partial charge < -0.3 is 9.72 Å². The quantitative estimate of drug-likeness (QED) is 0.368. The number of aromatic nitrogens is 1. The summed E-state index contributed by atoms with van der Waals surface area (Å²) in [6.07, 6.45) is 3.34. The molecule has 27 heavy (non-hydrogen) atoms. The van der Waals surface area contributed by atoms with Crippen molar-refractivity contribution >= 4 is 44.0 Å². The van der Waals surface area contributed by atoms with E-state index in [2.05, 4.69) is 47.4 Å². The number of hydrazone groups is 1. The van der Waals surface area contributed by atoms with Crippen molar-refractivity contribution in [2.45, 2.75) is 13.5 Å². The van der Waals surface area contributed by atoms with Crippen molar-refractivity contribution in [2.24, 2.45) is 5.10 Å². The number of aromatic amines is 1. The summed E-state index contributed by atoms with van der Waals surface area (Å²) >= 11 is 7.03. The summed E-state index contributed by atoms with van der Waals surface area (Å²) in [6.45, 7) is 2.42. The topological polar surface area (TPSA) is 66.5 Å². The molecule has 1 amide bonds. The fourth-order valence-electron chi connectivity index (χ4n) is 2.38. The molecule has 0 aliphatic heterocycles. The number of nitrogens with one attached hydrogen (secondary N) is 2. The molecule has 0 saturated carbocycles. The Morgan fingerprint density at radius 1 is 1.19 bits per heavy atom. The highest BCUT2D eigenvalue weighted by Crippen LogP contribution is 2.35. The predicted octanol–water partition coefficient (Wildman–Crippen LogP) is 5.19. The Labute approximate surface area is 174 Å². The molecule has 7 heteroatoms. The molecule has 0 radical (unpaired) electrons. The lowest BCUT2D eigenvalue weighted by molar-refractivity contribution is 0.0955. The zero-order valence-corrected chi connectivity index (χ0v) is 17.7. The van der Waals surface area contributed by atoms with Gasteiger partial charge in [0.05, 0.1) is 20.9 Å². The van der Waals surface area contributed by atoms with Crippen LogP contribution in [0.25, 0.3) is 0 Å². The molecule has 138 valence electrons. The van der Waals surface area contributed by atoms with Gasteiger partial charge in [0.1, 0.15) is 12.4 Å². The van der Waals surface area contributed by atoms with E-state index in [0.29, 0.717) is 12.2 Å². The molecule has 0 aliphatic carbocycles. The molecular weight excluding hydrogens is 474 g/mol. The number of hydrogen-bond acceptors (Lipinski definition) is 3. The zero-order chi connectivity index (χ0) is 19.2. The first kappa shape index (κ1) is 19.4. The number of halogens is 2. The Hall–Kier alpha value is -2.38. The van der Waals surface area contributed by atoms with Crippen molar-refractivity contribution in [3.8, 4) is 5.75 Å². The molecule has 5 nitrogen and oxygen atoms in total. The minimum Gasteiger partial charge on any atom is -0.487 e. The van der Waals surface area contributed by atoms with Crippen LogP contribution in [0.1, 0.15) is 27.2 Å². The van der Waals surface area contributed by atoms with Crippen LogP contribution in [0.3, 0.4) is 0 Å². The Morgan fingerprint density at radius 2 is 1.89 bits per heavy atom. The van der Waals surface area contributed by atoms with E-state index in [4.69, 9.17) is 4.74 Å². The number of carbonyl (C=O) groups excluding carboxylic acids is 1. The highest BCUT2D eigenvalue weighted by atomic mass is 79.9. The molecule has 2 aromatic carbocycles. The standard InChI is InChI=1S/C20H17Br2N3O2/c1-13-9-17(21)19(18(22)10-13)27-12-14-4-6-15(7-5-14)20(26)25-24-11-16-3-2-8-23-16/h2-11,23H,12H2,1H3,(H,25,26)/b24-11+. The molecule has 0 spiro atoms. The third kappa shape index (κ3) is 5.30. The van der Waals surface area contributed by atoms with Gasteiger partial charge >= 0.3 is 0 Å². The van der Waals surface area contributed by atoms with Crippen LogP contribution in [-0.4, -0.2) is 17.1 Å². The normalized spacial score (nSPS) is 10.9. The van der Waals surface area contributed by atoms with Crippen LogP contribution >= 0.6 is 31.9 Å². The van der Waals surface area contributed by atoms with Crippen molar-refractivity contribution in [2.75, 3.05) is 0 Å². The van der Waals surface area contributed by atoms with E-state index >= 15 is 0 Å². The minimum absolute atomic E-state index is 0.269. The van der Waals surface area contributed by atoms with E-state index in [1.807, 2.05) is 43.3 Å². The molecule has 2 N–H and O–H groups in total. The second kappa shape index (κ2) is 9.01. The Bertz CT molecular complexity index is 929. The predicted molar refractivity (Wildman–Crippen MR) is 113 cm³/mol. The van der Waals surface area contributed by atoms with Gasteiger partial charge in [-0.25, -0.2) is 5.43 Å². The van der Waals surface area contributed by atoms with Crippen LogP contribution in [0.15, 0.2) is 68.8 Å². The number of nitrogens with zero attached hydrogens (tertiary/aromatic N) is 1. The van der Waals surface area contributed by atoms with E-state index in [1.54, 1.807) is 24.5 Å². The van der Waals surface area contributed by atoms with E-state index in [9.17, 15) is 4.79 Å². The maximum absolute atomic E-state index is 12.1. The van der Waals surface area contributed by atoms with E-state index < -0.39 is 0 Å². The number of rotatable bonds is 6. The maximum Gasteiger partial charge on any atom is 0.271 e. The van der Waals surface area contributed by atoms with Gasteiger partial charge in [-0.3, -0.25) is 4.79 Å². The maximum atomic E-state index is 12.1. The molecule has 0 unspecified atom stereocenters. The van der Waals surface area contributed by atoms with E-state index in [-0.39, 0.29) is 5.91 Å². The lowest BCUT2D eigenvalue weighted by Crippen LogP contribution is -2.17. The van der Waals surface area contributed by atoms with Gasteiger partial charge in [-0.05, 0) is 86.3 Å². The van der Waals surface area contributed by atoms with E-state index in [1.165, 1.54) is 0 Å². The van der Waals surface area contributed by atoms with Gasteiger partial charge in [0, 0.05) is 11.8 Å². The molecule has 0 aliphatic rings. The van der Waals surface area contributed by atoms with Crippen LogP contribution in [-0.2, 0) is 6.61 Å². The first-order chi connectivity index (χ1) is 13.0. The molecule has 0 saturated heterocycles. The van der Waals surface area contributed by atoms with Crippen molar-refractivity contribution in [1.29, 1.82) is 0 Å². The van der Waals surface area contributed by atoms with Gasteiger partial charge in [0.25, 0.3) is 5.91 Å². The van der Waals surface area contributed by atoms with Crippen LogP contribution in [0.5, 0.6) is 5.75 Å². The third-order valence-electron chi connectivity index (χ3n) is 3.73. The largest absolute Gasteiger partial charge is 0.487 e. The number of H-pyrrole nitrogens is 1. The average Bonchev–Trinajstić information content (AvgIpc) is 3.14. The highest BCUT2D eigenvalue weighted by molar-refractivity contribution is 9.11. The molecule has 1 aromatic heterocycles. The average molecular weight is 491 g/mol. The number of benzene rings is 2. The Kier molecular flexibility index (Phi) is 6.47. The number of ether oxygens (including phenoxy) is 1. The molecule has 0 bridgehead atoms. The van der Waals surface area contributed by atoms with E-state index in [0.717, 1.165) is 31.5 Å². The van der Waals surface area contributed by atoms with Crippen molar-refractivity contribution in [3.05, 3.63) is 86.1 Å². The molecule has 3 rings (SSSR count). The van der Waals surface area contributed by atoms with Crippen LogP contribution < -0.4 is 10.2 Å². The van der Waals surface area contributed by atoms with Crippen LogP contribution in [0.4, 0.5) is 0 Å². The second-order valence-electron chi connectivity index (χ2n) is 5.87. The first-order valence-electron chi connectivity index (χ1n) is 8.17. The summed E-state index contributed by atoms with van der Waals surface area (Å²) in [5.41, 5.74) is 5.94. The number of aryl methyl sites for hydroxylation is 1.